The molecule has 1 heterocycles. The molecule has 3 N–H and O–H groups in total. The van der Waals surface area contributed by atoms with E-state index in [2.05, 4.69) is 10.3 Å². The van der Waals surface area contributed by atoms with Gasteiger partial charge in [0.15, 0.2) is 0 Å². The Morgan fingerprint density at radius 1 is 1.22 bits per heavy atom. The number of methoxy groups -OCH3 is 1. The smallest absolute Gasteiger partial charge is 0.267 e. The number of nitrogens with one attached hydrogen (secondary N) is 2. The molecular formula is C18H18N2O3. The number of H-pyrrole nitrogens is 1. The summed E-state index contributed by atoms with van der Waals surface area (Å²) >= 11 is 0. The maximum Gasteiger partial charge on any atom is 0.267 e. The molecule has 118 valence electrons. The number of aromatic nitrogens is 1. The number of hydrogen-bond acceptors (Lipinski definition) is 3. The Balaban J connectivity index is 1.65. The summed E-state index contributed by atoms with van der Waals surface area (Å²) in [7, 11) is 1.57. The summed E-state index contributed by atoms with van der Waals surface area (Å²) in [6, 6.07) is 16.6. The number of para-hydroxylation sites is 1. The number of aliphatic hydroxyl groups is 1. The van der Waals surface area contributed by atoms with Crippen LogP contribution in [0.3, 0.4) is 0 Å². The number of aliphatic hydroxyl groups excluding tert-OH is 1. The largest absolute Gasteiger partial charge is 0.497 e. The minimum atomic E-state index is -0.793. The highest BCUT2D eigenvalue weighted by molar-refractivity contribution is 5.97. The van der Waals surface area contributed by atoms with Crippen molar-refractivity contribution in [2.45, 2.75) is 6.10 Å². The van der Waals surface area contributed by atoms with Crippen LogP contribution in [0, 0.1) is 0 Å². The van der Waals surface area contributed by atoms with E-state index in [0.717, 1.165) is 10.9 Å². The first-order chi connectivity index (χ1) is 11.2. The predicted molar refractivity (Wildman–Crippen MR) is 88.6 cm³/mol. The molecule has 5 heteroatoms. The van der Waals surface area contributed by atoms with Gasteiger partial charge in [0, 0.05) is 17.4 Å². The van der Waals surface area contributed by atoms with E-state index in [-0.39, 0.29) is 12.5 Å². The van der Waals surface area contributed by atoms with Crippen LogP contribution in [0.5, 0.6) is 5.75 Å². The Bertz CT molecular complexity index is 793. The number of carbonyl (C=O) groups is 1. The lowest BCUT2D eigenvalue weighted by atomic mass is 10.1. The van der Waals surface area contributed by atoms with E-state index in [0.29, 0.717) is 17.0 Å². The number of carbonyl (C=O) groups excluding carboxylic acids is 1. The topological polar surface area (TPSA) is 74.3 Å². The van der Waals surface area contributed by atoms with Crippen molar-refractivity contribution in [3.8, 4) is 5.75 Å². The molecule has 0 aliphatic rings. The standard InChI is InChI=1S/C18H18N2O3/c1-23-14-7-4-6-13(9-14)17(21)11-19-18(22)16-10-12-5-2-3-8-15(12)20-16/h2-10,17,20-21H,11H2,1H3,(H,19,22). The van der Waals surface area contributed by atoms with E-state index in [1.54, 1.807) is 37.4 Å². The van der Waals surface area contributed by atoms with Crippen molar-refractivity contribution in [1.29, 1.82) is 0 Å². The van der Waals surface area contributed by atoms with Gasteiger partial charge in [0.05, 0.1) is 13.2 Å². The molecule has 1 atom stereocenters. The molecular weight excluding hydrogens is 292 g/mol. The van der Waals surface area contributed by atoms with Crippen molar-refractivity contribution in [1.82, 2.24) is 10.3 Å². The Kier molecular flexibility index (Phi) is 4.30. The van der Waals surface area contributed by atoms with Crippen LogP contribution in [0.15, 0.2) is 54.6 Å². The SMILES string of the molecule is COc1cccc(C(O)CNC(=O)c2cc3ccccc3[nH]2)c1. The van der Waals surface area contributed by atoms with Gasteiger partial charge in [0.25, 0.3) is 5.91 Å². The zero-order chi connectivity index (χ0) is 16.2. The van der Waals surface area contributed by atoms with Crippen molar-refractivity contribution in [3.63, 3.8) is 0 Å². The average molecular weight is 310 g/mol. The van der Waals surface area contributed by atoms with E-state index in [9.17, 15) is 9.90 Å². The van der Waals surface area contributed by atoms with Crippen LogP contribution in [0.2, 0.25) is 0 Å². The van der Waals surface area contributed by atoms with Gasteiger partial charge in [-0.2, -0.15) is 0 Å². The van der Waals surface area contributed by atoms with Crippen LogP contribution in [0.4, 0.5) is 0 Å². The molecule has 3 aromatic rings. The molecule has 5 nitrogen and oxygen atoms in total. The molecule has 3 rings (SSSR count). The number of fused-ring (bicyclic) bond motifs is 1. The second-order valence-electron chi connectivity index (χ2n) is 5.27. The first kappa shape index (κ1) is 15.1. The monoisotopic (exact) mass is 310 g/mol. The first-order valence-electron chi connectivity index (χ1n) is 7.35. The van der Waals surface area contributed by atoms with Crippen molar-refractivity contribution >= 4 is 16.8 Å². The summed E-state index contributed by atoms with van der Waals surface area (Å²) in [5.41, 5.74) is 2.08. The summed E-state index contributed by atoms with van der Waals surface area (Å²) in [5, 5.41) is 13.9. The molecule has 0 spiro atoms. The molecule has 1 amide bonds. The fraction of sp³-hybridized carbons (Fsp3) is 0.167. The zero-order valence-corrected chi connectivity index (χ0v) is 12.7. The Morgan fingerprint density at radius 2 is 2.04 bits per heavy atom. The summed E-state index contributed by atoms with van der Waals surface area (Å²) in [6.07, 6.45) is -0.793. The van der Waals surface area contributed by atoms with Gasteiger partial charge in [-0.15, -0.1) is 0 Å². The molecule has 0 aliphatic heterocycles. The zero-order valence-electron chi connectivity index (χ0n) is 12.7. The molecule has 1 unspecified atom stereocenters. The van der Waals surface area contributed by atoms with E-state index in [1.807, 2.05) is 24.3 Å². The number of ether oxygens (including phenoxy) is 1. The van der Waals surface area contributed by atoms with Gasteiger partial charge in [0.2, 0.25) is 0 Å². The summed E-state index contributed by atoms with van der Waals surface area (Å²) in [5.74, 6) is 0.423. The van der Waals surface area contributed by atoms with Crippen molar-refractivity contribution in [2.75, 3.05) is 13.7 Å². The fourth-order valence-electron chi connectivity index (χ4n) is 2.45. The maximum atomic E-state index is 12.2. The Labute approximate surface area is 133 Å². The number of amides is 1. The minimum Gasteiger partial charge on any atom is -0.497 e. The maximum absolute atomic E-state index is 12.2. The quantitative estimate of drug-likeness (QED) is 0.678. The molecule has 0 saturated carbocycles. The highest BCUT2D eigenvalue weighted by atomic mass is 16.5. The van der Waals surface area contributed by atoms with Crippen LogP contribution in [-0.4, -0.2) is 29.7 Å². The average Bonchev–Trinajstić information content (AvgIpc) is 3.03. The van der Waals surface area contributed by atoms with Gasteiger partial charge in [-0.1, -0.05) is 30.3 Å². The van der Waals surface area contributed by atoms with Gasteiger partial charge in [-0.3, -0.25) is 4.79 Å². The van der Waals surface area contributed by atoms with Gasteiger partial charge in [-0.25, -0.2) is 0 Å². The number of hydrogen-bond donors (Lipinski definition) is 3. The van der Waals surface area contributed by atoms with Crippen molar-refractivity contribution in [2.24, 2.45) is 0 Å². The molecule has 0 aliphatic carbocycles. The van der Waals surface area contributed by atoms with Crippen LogP contribution >= 0.6 is 0 Å². The fourth-order valence-corrected chi connectivity index (χ4v) is 2.45. The van der Waals surface area contributed by atoms with Crippen LogP contribution in [0.1, 0.15) is 22.2 Å². The number of rotatable bonds is 5. The van der Waals surface area contributed by atoms with E-state index < -0.39 is 6.10 Å². The van der Waals surface area contributed by atoms with Crippen molar-refractivity contribution in [3.05, 3.63) is 65.9 Å². The van der Waals surface area contributed by atoms with Gasteiger partial charge >= 0.3 is 0 Å². The van der Waals surface area contributed by atoms with Gasteiger partial charge < -0.3 is 20.1 Å². The molecule has 1 aromatic heterocycles. The summed E-state index contributed by atoms with van der Waals surface area (Å²) in [4.78, 5) is 15.3. The third-order valence-corrected chi connectivity index (χ3v) is 3.71. The molecule has 23 heavy (non-hydrogen) atoms. The minimum absolute atomic E-state index is 0.126. The van der Waals surface area contributed by atoms with E-state index in [4.69, 9.17) is 4.74 Å². The summed E-state index contributed by atoms with van der Waals surface area (Å²) < 4.78 is 5.13. The van der Waals surface area contributed by atoms with Crippen LogP contribution < -0.4 is 10.1 Å². The first-order valence-corrected chi connectivity index (χ1v) is 7.35. The Hall–Kier alpha value is -2.79. The molecule has 0 radical (unpaired) electrons. The van der Waals surface area contributed by atoms with E-state index >= 15 is 0 Å². The predicted octanol–water partition coefficient (Wildman–Crippen LogP) is 2.64. The highest BCUT2D eigenvalue weighted by Crippen LogP contribution is 2.19. The van der Waals surface area contributed by atoms with Crippen LogP contribution in [0.25, 0.3) is 10.9 Å². The molecule has 0 bridgehead atoms. The summed E-state index contributed by atoms with van der Waals surface area (Å²) in [6.45, 7) is 0.126. The van der Waals surface area contributed by atoms with Crippen molar-refractivity contribution < 1.29 is 14.6 Å². The number of benzene rings is 2. The molecule has 0 saturated heterocycles. The normalized spacial score (nSPS) is 12.1. The van der Waals surface area contributed by atoms with Gasteiger partial charge in [0.1, 0.15) is 11.4 Å². The highest BCUT2D eigenvalue weighted by Gasteiger charge is 2.13. The lowest BCUT2D eigenvalue weighted by Crippen LogP contribution is -2.28. The van der Waals surface area contributed by atoms with Crippen LogP contribution in [-0.2, 0) is 0 Å². The number of aromatic amines is 1. The lowest BCUT2D eigenvalue weighted by Gasteiger charge is -2.12. The second-order valence-corrected chi connectivity index (χ2v) is 5.27. The second kappa shape index (κ2) is 6.54. The van der Waals surface area contributed by atoms with Gasteiger partial charge in [-0.05, 0) is 29.8 Å². The molecule has 2 aromatic carbocycles. The lowest BCUT2D eigenvalue weighted by molar-refractivity contribution is 0.0912. The molecule has 0 fully saturated rings. The Morgan fingerprint density at radius 3 is 2.83 bits per heavy atom. The third-order valence-electron chi connectivity index (χ3n) is 3.71. The van der Waals surface area contributed by atoms with E-state index in [1.165, 1.54) is 0 Å². The third kappa shape index (κ3) is 3.35.